The summed E-state index contributed by atoms with van der Waals surface area (Å²) in [6.45, 7) is 5.12. The van der Waals surface area contributed by atoms with Crippen LogP contribution < -0.4 is 10.1 Å². The van der Waals surface area contributed by atoms with Crippen LogP contribution in [0.2, 0.25) is 0 Å². The Morgan fingerprint density at radius 3 is 2.80 bits per heavy atom. The average Bonchev–Trinajstić information content (AvgIpc) is 2.67. The lowest BCUT2D eigenvalue weighted by Crippen LogP contribution is -2.25. The van der Waals surface area contributed by atoms with E-state index in [0.29, 0.717) is 0 Å². The summed E-state index contributed by atoms with van der Waals surface area (Å²) in [5, 5.41) is 3.50. The zero-order valence-electron chi connectivity index (χ0n) is 12.1. The highest BCUT2D eigenvalue weighted by Crippen LogP contribution is 2.26. The molecule has 1 atom stereocenters. The smallest absolute Gasteiger partial charge is 0.122 e. The van der Waals surface area contributed by atoms with E-state index < -0.39 is 0 Å². The van der Waals surface area contributed by atoms with Crippen LogP contribution in [0.4, 0.5) is 5.69 Å². The van der Waals surface area contributed by atoms with Crippen molar-refractivity contribution in [1.29, 1.82) is 0 Å². The summed E-state index contributed by atoms with van der Waals surface area (Å²) < 4.78 is 6.22. The van der Waals surface area contributed by atoms with Gasteiger partial charge in [-0.3, -0.25) is 0 Å². The molecule has 0 fully saturated rings. The highest BCUT2D eigenvalue weighted by atomic mass is 16.5. The van der Waals surface area contributed by atoms with Gasteiger partial charge in [0, 0.05) is 5.69 Å². The first-order valence-corrected chi connectivity index (χ1v) is 7.28. The Morgan fingerprint density at radius 2 is 1.90 bits per heavy atom. The van der Waals surface area contributed by atoms with Gasteiger partial charge < -0.3 is 10.1 Å². The Bertz CT molecular complexity index is 579. The van der Waals surface area contributed by atoms with E-state index in [4.69, 9.17) is 4.74 Å². The Kier molecular flexibility index (Phi) is 3.64. The molecule has 3 rings (SSSR count). The van der Waals surface area contributed by atoms with Crippen LogP contribution in [0.1, 0.15) is 23.1 Å². The number of fused-ring (bicyclic) bond motifs is 1. The van der Waals surface area contributed by atoms with Crippen LogP contribution in [0, 0.1) is 13.8 Å². The van der Waals surface area contributed by atoms with Crippen LogP contribution in [0.5, 0.6) is 5.75 Å². The van der Waals surface area contributed by atoms with E-state index in [-0.39, 0.29) is 6.10 Å². The van der Waals surface area contributed by atoms with Crippen molar-refractivity contribution in [3.63, 3.8) is 0 Å². The molecule has 20 heavy (non-hydrogen) atoms. The van der Waals surface area contributed by atoms with Crippen molar-refractivity contribution in [2.45, 2.75) is 32.8 Å². The van der Waals surface area contributed by atoms with Gasteiger partial charge in [0.05, 0.1) is 6.54 Å². The maximum atomic E-state index is 6.22. The van der Waals surface area contributed by atoms with Crippen LogP contribution in [0.25, 0.3) is 0 Å². The molecular formula is C18H21NO. The molecule has 1 heterocycles. The fraction of sp³-hybridized carbons (Fsp3) is 0.333. The van der Waals surface area contributed by atoms with Gasteiger partial charge in [0.2, 0.25) is 0 Å². The fourth-order valence-corrected chi connectivity index (χ4v) is 2.69. The van der Waals surface area contributed by atoms with Crippen molar-refractivity contribution < 1.29 is 4.74 Å². The number of ether oxygens (including phenoxy) is 1. The molecule has 2 nitrogen and oxygen atoms in total. The summed E-state index contributed by atoms with van der Waals surface area (Å²) in [6, 6.07) is 14.8. The molecule has 0 aliphatic carbocycles. The second-order valence-corrected chi connectivity index (χ2v) is 5.51. The van der Waals surface area contributed by atoms with Crippen LogP contribution in [0.15, 0.2) is 42.5 Å². The zero-order chi connectivity index (χ0) is 13.9. The first-order chi connectivity index (χ1) is 9.74. The van der Waals surface area contributed by atoms with E-state index in [0.717, 1.165) is 25.1 Å². The van der Waals surface area contributed by atoms with Gasteiger partial charge in [0.1, 0.15) is 11.9 Å². The predicted molar refractivity (Wildman–Crippen MR) is 83.6 cm³/mol. The Balaban J connectivity index is 1.73. The molecule has 0 radical (unpaired) electrons. The molecule has 1 aliphatic rings. The normalized spacial score (nSPS) is 17.8. The minimum Gasteiger partial charge on any atom is -0.488 e. The third-order valence-corrected chi connectivity index (χ3v) is 4.12. The first kappa shape index (κ1) is 13.0. The first-order valence-electron chi connectivity index (χ1n) is 7.28. The molecule has 0 spiro atoms. The zero-order valence-corrected chi connectivity index (χ0v) is 12.1. The van der Waals surface area contributed by atoms with E-state index in [1.165, 1.54) is 22.4 Å². The van der Waals surface area contributed by atoms with Gasteiger partial charge in [0.15, 0.2) is 0 Å². The van der Waals surface area contributed by atoms with Crippen molar-refractivity contribution in [3.8, 4) is 5.75 Å². The lowest BCUT2D eigenvalue weighted by molar-refractivity contribution is 0.204. The number of aryl methyl sites for hydroxylation is 2. The van der Waals surface area contributed by atoms with Crippen molar-refractivity contribution >= 4 is 5.69 Å². The van der Waals surface area contributed by atoms with Crippen molar-refractivity contribution in [2.75, 3.05) is 11.9 Å². The number of benzene rings is 2. The van der Waals surface area contributed by atoms with Crippen molar-refractivity contribution in [1.82, 2.24) is 0 Å². The van der Waals surface area contributed by atoms with E-state index in [9.17, 15) is 0 Å². The van der Waals surface area contributed by atoms with Crippen LogP contribution >= 0.6 is 0 Å². The Hall–Kier alpha value is -1.96. The maximum Gasteiger partial charge on any atom is 0.122 e. The predicted octanol–water partition coefficient (Wildman–Crippen LogP) is 4.11. The van der Waals surface area contributed by atoms with E-state index in [1.807, 2.05) is 0 Å². The summed E-state index contributed by atoms with van der Waals surface area (Å²) in [4.78, 5) is 0. The second-order valence-electron chi connectivity index (χ2n) is 5.51. The molecule has 2 heteroatoms. The minimum absolute atomic E-state index is 0.225. The highest BCUT2D eigenvalue weighted by molar-refractivity contribution is 5.52. The molecule has 0 bridgehead atoms. The number of rotatable bonds is 2. The third kappa shape index (κ3) is 2.64. The minimum atomic E-state index is 0.225. The topological polar surface area (TPSA) is 21.3 Å². The standard InChI is InChI=1S/C18H21NO/c1-13-6-5-9-18(14(13)2)20-16-11-10-15-7-3-4-8-17(15)19-12-16/h3-9,16,19H,10-12H2,1-2H3. The van der Waals surface area contributed by atoms with Crippen LogP contribution in [0.3, 0.4) is 0 Å². The number of para-hydroxylation sites is 1. The highest BCUT2D eigenvalue weighted by Gasteiger charge is 2.17. The number of nitrogens with one attached hydrogen (secondary N) is 1. The SMILES string of the molecule is Cc1cccc(OC2CCc3ccccc3NC2)c1C. The summed E-state index contributed by atoms with van der Waals surface area (Å²) >= 11 is 0. The van der Waals surface area contributed by atoms with Gasteiger partial charge in [-0.1, -0.05) is 30.3 Å². The summed E-state index contributed by atoms with van der Waals surface area (Å²) in [5.74, 6) is 1.02. The molecule has 1 N–H and O–H groups in total. The lowest BCUT2D eigenvalue weighted by atomic mass is 10.1. The van der Waals surface area contributed by atoms with Gasteiger partial charge in [0.25, 0.3) is 0 Å². The van der Waals surface area contributed by atoms with Gasteiger partial charge in [-0.2, -0.15) is 0 Å². The van der Waals surface area contributed by atoms with Gasteiger partial charge in [-0.25, -0.2) is 0 Å². The molecule has 2 aromatic carbocycles. The van der Waals surface area contributed by atoms with Crippen molar-refractivity contribution in [2.24, 2.45) is 0 Å². The molecule has 0 saturated heterocycles. The maximum absolute atomic E-state index is 6.22. The quantitative estimate of drug-likeness (QED) is 0.884. The number of hydrogen-bond acceptors (Lipinski definition) is 2. The molecule has 0 saturated carbocycles. The van der Waals surface area contributed by atoms with Crippen molar-refractivity contribution in [3.05, 3.63) is 59.2 Å². The Labute approximate surface area is 120 Å². The molecule has 0 amide bonds. The Morgan fingerprint density at radius 1 is 1.05 bits per heavy atom. The molecular weight excluding hydrogens is 246 g/mol. The van der Waals surface area contributed by atoms with E-state index in [2.05, 4.69) is 61.6 Å². The third-order valence-electron chi connectivity index (χ3n) is 4.12. The monoisotopic (exact) mass is 267 g/mol. The second kappa shape index (κ2) is 5.58. The number of hydrogen-bond donors (Lipinski definition) is 1. The van der Waals surface area contributed by atoms with Gasteiger partial charge in [-0.15, -0.1) is 0 Å². The molecule has 2 aromatic rings. The molecule has 0 aromatic heterocycles. The molecule has 1 aliphatic heterocycles. The van der Waals surface area contributed by atoms with Gasteiger partial charge in [-0.05, 0) is 55.5 Å². The van der Waals surface area contributed by atoms with Crippen LogP contribution in [-0.4, -0.2) is 12.6 Å². The lowest BCUT2D eigenvalue weighted by Gasteiger charge is -2.19. The molecule has 104 valence electrons. The molecule has 1 unspecified atom stereocenters. The fourth-order valence-electron chi connectivity index (χ4n) is 2.69. The summed E-state index contributed by atoms with van der Waals surface area (Å²) in [5.41, 5.74) is 5.17. The van der Waals surface area contributed by atoms with E-state index in [1.54, 1.807) is 0 Å². The van der Waals surface area contributed by atoms with E-state index >= 15 is 0 Å². The number of anilines is 1. The summed E-state index contributed by atoms with van der Waals surface area (Å²) in [7, 11) is 0. The average molecular weight is 267 g/mol. The summed E-state index contributed by atoms with van der Waals surface area (Å²) in [6.07, 6.45) is 2.35. The van der Waals surface area contributed by atoms with Crippen LogP contribution in [-0.2, 0) is 6.42 Å². The van der Waals surface area contributed by atoms with Gasteiger partial charge >= 0.3 is 0 Å². The largest absolute Gasteiger partial charge is 0.488 e.